The van der Waals surface area contributed by atoms with Crippen LogP contribution >= 0.6 is 11.8 Å². The Kier molecular flexibility index (Phi) is 7.10. The van der Waals surface area contributed by atoms with Crippen molar-refractivity contribution in [1.29, 1.82) is 0 Å². The molecule has 33 heavy (non-hydrogen) atoms. The van der Waals surface area contributed by atoms with Crippen LogP contribution in [-0.2, 0) is 11.2 Å². The molecule has 1 N–H and O–H groups in total. The molecule has 0 radical (unpaired) electrons. The lowest BCUT2D eigenvalue weighted by atomic mass is 10.1. The number of carbonyl (C=O) groups is 1. The maximum atomic E-state index is 12.6. The van der Waals surface area contributed by atoms with Crippen LogP contribution in [0.3, 0.4) is 0 Å². The van der Waals surface area contributed by atoms with Crippen molar-refractivity contribution in [3.8, 4) is 11.4 Å². The highest BCUT2D eigenvalue weighted by Crippen LogP contribution is 2.26. The number of benzene rings is 3. The monoisotopic (exact) mass is 458 g/mol. The number of aromatic nitrogens is 3. The van der Waals surface area contributed by atoms with Gasteiger partial charge in [0.1, 0.15) is 11.6 Å². The first-order valence-corrected chi connectivity index (χ1v) is 11.6. The van der Waals surface area contributed by atoms with Crippen LogP contribution < -0.4 is 10.1 Å². The average Bonchev–Trinajstić information content (AvgIpc) is 3.20. The Morgan fingerprint density at radius 2 is 1.82 bits per heavy atom. The van der Waals surface area contributed by atoms with Crippen LogP contribution in [-0.4, -0.2) is 33.5 Å². The molecule has 0 aliphatic carbocycles. The third-order valence-corrected chi connectivity index (χ3v) is 6.11. The number of rotatable bonds is 8. The van der Waals surface area contributed by atoms with Gasteiger partial charge in [-0.3, -0.25) is 9.36 Å². The number of amides is 1. The fourth-order valence-electron chi connectivity index (χ4n) is 3.61. The molecule has 168 valence electrons. The molecule has 4 aromatic rings. The highest BCUT2D eigenvalue weighted by molar-refractivity contribution is 7.99. The van der Waals surface area contributed by atoms with E-state index in [0.717, 1.165) is 22.6 Å². The Labute approximate surface area is 198 Å². The maximum absolute atomic E-state index is 12.6. The molecule has 0 atom stereocenters. The molecular formula is C26H26N4O2S. The van der Waals surface area contributed by atoms with Gasteiger partial charge in [0.05, 0.1) is 18.6 Å². The zero-order valence-electron chi connectivity index (χ0n) is 18.9. The van der Waals surface area contributed by atoms with Gasteiger partial charge in [0.15, 0.2) is 5.16 Å². The number of nitrogens with zero attached hydrogens (tertiary/aromatic N) is 3. The maximum Gasteiger partial charge on any atom is 0.234 e. The molecule has 3 aromatic carbocycles. The third-order valence-electron chi connectivity index (χ3n) is 5.18. The second-order valence-electron chi connectivity index (χ2n) is 7.76. The normalized spacial score (nSPS) is 10.8. The van der Waals surface area contributed by atoms with E-state index in [9.17, 15) is 4.79 Å². The first-order chi connectivity index (χ1) is 16.0. The number of anilines is 1. The predicted molar refractivity (Wildman–Crippen MR) is 132 cm³/mol. The van der Waals surface area contributed by atoms with Crippen molar-refractivity contribution < 1.29 is 9.53 Å². The lowest BCUT2D eigenvalue weighted by Gasteiger charge is -2.14. The molecular weight excluding hydrogens is 432 g/mol. The van der Waals surface area contributed by atoms with E-state index in [1.165, 1.54) is 17.3 Å². The molecule has 0 aliphatic heterocycles. The van der Waals surface area contributed by atoms with Crippen molar-refractivity contribution in [3.63, 3.8) is 0 Å². The van der Waals surface area contributed by atoms with E-state index in [1.807, 2.05) is 36.4 Å². The highest BCUT2D eigenvalue weighted by Gasteiger charge is 2.18. The minimum atomic E-state index is -0.118. The zero-order valence-corrected chi connectivity index (χ0v) is 19.7. The number of thioether (sulfide) groups is 1. The number of hydrogen-bond donors (Lipinski definition) is 1. The molecule has 0 spiro atoms. The van der Waals surface area contributed by atoms with Crippen LogP contribution in [0.2, 0.25) is 0 Å². The van der Waals surface area contributed by atoms with E-state index in [0.29, 0.717) is 23.0 Å². The standard InChI is InChI=1S/C26H26N4O2S/c1-18-12-13-23(19(2)14-18)30-24(15-20-8-5-4-6-9-20)28-29-26(30)33-17-25(31)27-21-10-7-11-22(16-21)32-3/h4-14,16H,15,17H2,1-3H3,(H,27,31). The molecule has 1 amide bonds. The summed E-state index contributed by atoms with van der Waals surface area (Å²) in [7, 11) is 1.60. The molecule has 0 bridgehead atoms. The van der Waals surface area contributed by atoms with Gasteiger partial charge in [-0.1, -0.05) is 65.9 Å². The van der Waals surface area contributed by atoms with E-state index in [1.54, 1.807) is 13.2 Å². The van der Waals surface area contributed by atoms with Gasteiger partial charge in [0.25, 0.3) is 0 Å². The molecule has 0 saturated carbocycles. The summed E-state index contributed by atoms with van der Waals surface area (Å²) in [6.07, 6.45) is 0.651. The van der Waals surface area contributed by atoms with Crippen molar-refractivity contribution >= 4 is 23.4 Å². The van der Waals surface area contributed by atoms with Gasteiger partial charge < -0.3 is 10.1 Å². The van der Waals surface area contributed by atoms with Crippen LogP contribution in [0.1, 0.15) is 22.5 Å². The lowest BCUT2D eigenvalue weighted by molar-refractivity contribution is -0.113. The molecule has 4 rings (SSSR count). The van der Waals surface area contributed by atoms with Crippen molar-refractivity contribution in [1.82, 2.24) is 14.8 Å². The fraction of sp³-hybridized carbons (Fsp3) is 0.192. The average molecular weight is 459 g/mol. The number of nitrogens with one attached hydrogen (secondary N) is 1. The summed E-state index contributed by atoms with van der Waals surface area (Å²) in [5.41, 5.74) is 5.20. The second kappa shape index (κ2) is 10.4. The molecule has 7 heteroatoms. The third kappa shape index (κ3) is 5.62. The largest absolute Gasteiger partial charge is 0.497 e. The van der Waals surface area contributed by atoms with Gasteiger partial charge >= 0.3 is 0 Å². The minimum absolute atomic E-state index is 0.118. The Morgan fingerprint density at radius 1 is 1.00 bits per heavy atom. The second-order valence-corrected chi connectivity index (χ2v) is 8.70. The van der Waals surface area contributed by atoms with Crippen molar-refractivity contribution in [2.24, 2.45) is 0 Å². The summed E-state index contributed by atoms with van der Waals surface area (Å²) in [6.45, 7) is 4.16. The van der Waals surface area contributed by atoms with Crippen LogP contribution in [0, 0.1) is 13.8 Å². The minimum Gasteiger partial charge on any atom is -0.497 e. The van der Waals surface area contributed by atoms with E-state index >= 15 is 0 Å². The molecule has 1 aromatic heterocycles. The van der Waals surface area contributed by atoms with Crippen LogP contribution in [0.25, 0.3) is 5.69 Å². The molecule has 0 aliphatic rings. The molecule has 0 unspecified atom stereocenters. The first kappa shape index (κ1) is 22.6. The summed E-state index contributed by atoms with van der Waals surface area (Å²) in [4.78, 5) is 12.6. The first-order valence-electron chi connectivity index (χ1n) is 10.7. The number of methoxy groups -OCH3 is 1. The van der Waals surface area contributed by atoms with E-state index in [2.05, 4.69) is 64.3 Å². The summed E-state index contributed by atoms with van der Waals surface area (Å²) in [5.74, 6) is 1.63. The predicted octanol–water partition coefficient (Wildman–Crippen LogP) is 5.21. The molecule has 1 heterocycles. The topological polar surface area (TPSA) is 69.0 Å². The number of aryl methyl sites for hydroxylation is 2. The Balaban J connectivity index is 1.57. The van der Waals surface area contributed by atoms with Gasteiger partial charge in [0.2, 0.25) is 5.91 Å². The van der Waals surface area contributed by atoms with E-state index < -0.39 is 0 Å². The van der Waals surface area contributed by atoms with Gasteiger partial charge in [0, 0.05) is 18.2 Å². The summed E-state index contributed by atoms with van der Waals surface area (Å²) in [6, 6.07) is 23.8. The van der Waals surface area contributed by atoms with Crippen molar-refractivity contribution in [2.45, 2.75) is 25.4 Å². The lowest BCUT2D eigenvalue weighted by Crippen LogP contribution is -2.15. The van der Waals surface area contributed by atoms with Crippen LogP contribution in [0.15, 0.2) is 78.0 Å². The highest BCUT2D eigenvalue weighted by atomic mass is 32.2. The van der Waals surface area contributed by atoms with E-state index in [-0.39, 0.29) is 11.7 Å². The van der Waals surface area contributed by atoms with Gasteiger partial charge in [-0.15, -0.1) is 10.2 Å². The summed E-state index contributed by atoms with van der Waals surface area (Å²) < 4.78 is 7.28. The van der Waals surface area contributed by atoms with E-state index in [4.69, 9.17) is 4.74 Å². The summed E-state index contributed by atoms with van der Waals surface area (Å²) in [5, 5.41) is 12.5. The smallest absolute Gasteiger partial charge is 0.234 e. The molecule has 6 nitrogen and oxygen atoms in total. The number of ether oxygens (including phenoxy) is 1. The Hall–Kier alpha value is -3.58. The van der Waals surface area contributed by atoms with Gasteiger partial charge in [-0.25, -0.2) is 0 Å². The molecule has 0 saturated heterocycles. The Bertz CT molecular complexity index is 1250. The number of hydrogen-bond acceptors (Lipinski definition) is 5. The number of carbonyl (C=O) groups excluding carboxylic acids is 1. The van der Waals surface area contributed by atoms with Gasteiger partial charge in [-0.05, 0) is 43.2 Å². The van der Waals surface area contributed by atoms with Gasteiger partial charge in [-0.2, -0.15) is 0 Å². The van der Waals surface area contributed by atoms with Crippen LogP contribution in [0.5, 0.6) is 5.75 Å². The summed E-state index contributed by atoms with van der Waals surface area (Å²) >= 11 is 1.37. The van der Waals surface area contributed by atoms with Crippen molar-refractivity contribution in [2.75, 3.05) is 18.2 Å². The fourth-order valence-corrected chi connectivity index (χ4v) is 4.38. The zero-order chi connectivity index (χ0) is 23.2. The van der Waals surface area contributed by atoms with Crippen molar-refractivity contribution in [3.05, 3.63) is 95.3 Å². The Morgan fingerprint density at radius 3 is 2.58 bits per heavy atom. The quantitative estimate of drug-likeness (QED) is 0.367. The SMILES string of the molecule is COc1cccc(NC(=O)CSc2nnc(Cc3ccccc3)n2-c2ccc(C)cc2C)c1. The molecule has 0 fully saturated rings. The van der Waals surface area contributed by atoms with Crippen LogP contribution in [0.4, 0.5) is 5.69 Å².